The first kappa shape index (κ1) is 15.0. The molecule has 2 N–H and O–H groups in total. The predicted octanol–water partition coefficient (Wildman–Crippen LogP) is 1.11. The average Bonchev–Trinajstić information content (AvgIpc) is 2.42. The van der Waals surface area contributed by atoms with Crippen LogP contribution in [-0.2, 0) is 27.4 Å². The highest BCUT2D eigenvalue weighted by Gasteiger charge is 1.96. The summed E-state index contributed by atoms with van der Waals surface area (Å²) in [5.41, 5.74) is 7.43. The van der Waals surface area contributed by atoms with E-state index < -0.39 is 0 Å². The van der Waals surface area contributed by atoms with E-state index in [9.17, 15) is 0 Å². The Hall–Kier alpha value is -1.01. The Morgan fingerprint density at radius 1 is 1.11 bits per heavy atom. The van der Waals surface area contributed by atoms with Crippen molar-refractivity contribution in [3.8, 4) is 0 Å². The SMILES string of the molecule is COCCCOCCOCc1ccc(CN)cn1. The largest absolute Gasteiger partial charge is 0.385 e. The molecule has 1 rings (SSSR count). The molecular weight excluding hydrogens is 232 g/mol. The van der Waals surface area contributed by atoms with Gasteiger partial charge in [0.05, 0.1) is 25.5 Å². The number of aromatic nitrogens is 1. The highest BCUT2D eigenvalue weighted by molar-refractivity contribution is 5.13. The van der Waals surface area contributed by atoms with Crippen molar-refractivity contribution in [2.24, 2.45) is 5.73 Å². The highest BCUT2D eigenvalue weighted by Crippen LogP contribution is 2.00. The van der Waals surface area contributed by atoms with Crippen LogP contribution in [0.5, 0.6) is 0 Å². The molecule has 0 aromatic carbocycles. The summed E-state index contributed by atoms with van der Waals surface area (Å²) in [5, 5.41) is 0. The van der Waals surface area contributed by atoms with Gasteiger partial charge in [-0.25, -0.2) is 0 Å². The summed E-state index contributed by atoms with van der Waals surface area (Å²) in [5.74, 6) is 0. The van der Waals surface area contributed by atoms with Crippen molar-refractivity contribution in [3.63, 3.8) is 0 Å². The smallest absolute Gasteiger partial charge is 0.0889 e. The van der Waals surface area contributed by atoms with Gasteiger partial charge in [-0.1, -0.05) is 6.07 Å². The number of hydrogen-bond acceptors (Lipinski definition) is 5. The fourth-order valence-corrected chi connectivity index (χ4v) is 1.36. The van der Waals surface area contributed by atoms with Crippen LogP contribution in [0.15, 0.2) is 18.3 Å². The second kappa shape index (κ2) is 9.96. The first-order valence-corrected chi connectivity index (χ1v) is 6.15. The number of nitrogens with two attached hydrogens (primary N) is 1. The molecule has 0 aliphatic carbocycles. The lowest BCUT2D eigenvalue weighted by Gasteiger charge is -2.06. The zero-order chi connectivity index (χ0) is 13.1. The van der Waals surface area contributed by atoms with Crippen LogP contribution in [0.1, 0.15) is 17.7 Å². The van der Waals surface area contributed by atoms with E-state index in [2.05, 4.69) is 4.98 Å². The first-order chi connectivity index (χ1) is 8.86. The van der Waals surface area contributed by atoms with Crippen molar-refractivity contribution in [3.05, 3.63) is 29.6 Å². The molecule has 0 amide bonds. The van der Waals surface area contributed by atoms with Gasteiger partial charge in [-0.05, 0) is 18.1 Å². The summed E-state index contributed by atoms with van der Waals surface area (Å²) in [6.07, 6.45) is 2.69. The van der Waals surface area contributed by atoms with Crippen molar-refractivity contribution in [1.82, 2.24) is 4.98 Å². The molecule has 0 spiro atoms. The lowest BCUT2D eigenvalue weighted by atomic mass is 10.2. The third-order valence-corrected chi connectivity index (χ3v) is 2.38. The Morgan fingerprint density at radius 3 is 2.61 bits per heavy atom. The minimum Gasteiger partial charge on any atom is -0.385 e. The second-order valence-electron chi connectivity index (χ2n) is 3.87. The molecule has 0 radical (unpaired) electrons. The minimum atomic E-state index is 0.506. The van der Waals surface area contributed by atoms with Crippen LogP contribution in [-0.4, -0.2) is 38.5 Å². The maximum atomic E-state index is 5.49. The topological polar surface area (TPSA) is 66.6 Å². The Bertz CT molecular complexity index is 304. The molecule has 0 atom stereocenters. The molecule has 5 nitrogen and oxygen atoms in total. The van der Waals surface area contributed by atoms with Crippen molar-refractivity contribution in [2.75, 3.05) is 33.5 Å². The van der Waals surface area contributed by atoms with E-state index in [-0.39, 0.29) is 0 Å². The van der Waals surface area contributed by atoms with Gasteiger partial charge in [0.2, 0.25) is 0 Å². The lowest BCUT2D eigenvalue weighted by Crippen LogP contribution is -2.07. The standard InChI is InChI=1S/C13H22N2O3/c1-16-5-2-6-17-7-8-18-11-13-4-3-12(9-14)10-15-13/h3-4,10H,2,5-9,11,14H2,1H3. The van der Waals surface area contributed by atoms with Crippen LogP contribution >= 0.6 is 0 Å². The maximum absolute atomic E-state index is 5.49. The third-order valence-electron chi connectivity index (χ3n) is 2.38. The summed E-state index contributed by atoms with van der Waals surface area (Å²) in [6.45, 7) is 3.65. The van der Waals surface area contributed by atoms with Gasteiger partial charge in [-0.2, -0.15) is 0 Å². The van der Waals surface area contributed by atoms with Crippen LogP contribution < -0.4 is 5.73 Å². The summed E-state index contributed by atoms with van der Waals surface area (Å²) in [6, 6.07) is 3.90. The number of hydrogen-bond donors (Lipinski definition) is 1. The molecular formula is C13H22N2O3. The van der Waals surface area contributed by atoms with Gasteiger partial charge in [0.25, 0.3) is 0 Å². The van der Waals surface area contributed by atoms with E-state index in [0.29, 0.717) is 33.0 Å². The molecule has 102 valence electrons. The van der Waals surface area contributed by atoms with E-state index in [1.54, 1.807) is 13.3 Å². The van der Waals surface area contributed by atoms with Crippen molar-refractivity contribution in [2.45, 2.75) is 19.6 Å². The maximum Gasteiger partial charge on any atom is 0.0889 e. The van der Waals surface area contributed by atoms with E-state index in [1.165, 1.54) is 0 Å². The Morgan fingerprint density at radius 2 is 1.94 bits per heavy atom. The molecule has 1 aromatic heterocycles. The fourth-order valence-electron chi connectivity index (χ4n) is 1.36. The molecule has 0 aliphatic heterocycles. The van der Waals surface area contributed by atoms with Gasteiger partial charge in [-0.3, -0.25) is 4.98 Å². The molecule has 1 heterocycles. The van der Waals surface area contributed by atoms with Crippen molar-refractivity contribution in [1.29, 1.82) is 0 Å². The van der Waals surface area contributed by atoms with Gasteiger partial charge >= 0.3 is 0 Å². The minimum absolute atomic E-state index is 0.506. The molecule has 0 aliphatic rings. The van der Waals surface area contributed by atoms with Gasteiger partial charge < -0.3 is 19.9 Å². The van der Waals surface area contributed by atoms with E-state index in [4.69, 9.17) is 19.9 Å². The van der Waals surface area contributed by atoms with E-state index in [0.717, 1.165) is 24.3 Å². The van der Waals surface area contributed by atoms with Crippen LogP contribution in [0.2, 0.25) is 0 Å². The molecule has 0 fully saturated rings. The summed E-state index contributed by atoms with van der Waals surface area (Å²) >= 11 is 0. The number of pyridine rings is 1. The Balaban J connectivity index is 2.00. The second-order valence-corrected chi connectivity index (χ2v) is 3.87. The monoisotopic (exact) mass is 254 g/mol. The molecule has 0 saturated carbocycles. The van der Waals surface area contributed by atoms with Crippen LogP contribution in [0.3, 0.4) is 0 Å². The first-order valence-electron chi connectivity index (χ1n) is 6.15. The average molecular weight is 254 g/mol. The quantitative estimate of drug-likeness (QED) is 0.634. The molecule has 0 unspecified atom stereocenters. The van der Waals surface area contributed by atoms with Crippen LogP contribution in [0.25, 0.3) is 0 Å². The van der Waals surface area contributed by atoms with Gasteiger partial charge in [0.15, 0.2) is 0 Å². The Kier molecular flexibility index (Phi) is 8.33. The van der Waals surface area contributed by atoms with E-state index >= 15 is 0 Å². The molecule has 0 bridgehead atoms. The van der Waals surface area contributed by atoms with Gasteiger partial charge in [0.1, 0.15) is 0 Å². The summed E-state index contributed by atoms with van der Waals surface area (Å²) in [4.78, 5) is 4.25. The number of rotatable bonds is 10. The summed E-state index contributed by atoms with van der Waals surface area (Å²) in [7, 11) is 1.69. The third kappa shape index (κ3) is 6.66. The fraction of sp³-hybridized carbons (Fsp3) is 0.615. The molecule has 0 saturated heterocycles. The Labute approximate surface area is 108 Å². The van der Waals surface area contributed by atoms with Crippen LogP contribution in [0.4, 0.5) is 0 Å². The highest BCUT2D eigenvalue weighted by atomic mass is 16.5. The van der Waals surface area contributed by atoms with Gasteiger partial charge in [0, 0.05) is 33.1 Å². The molecule has 18 heavy (non-hydrogen) atoms. The molecule has 1 aromatic rings. The normalized spacial score (nSPS) is 10.8. The molecule has 5 heteroatoms. The van der Waals surface area contributed by atoms with Crippen molar-refractivity contribution >= 4 is 0 Å². The van der Waals surface area contributed by atoms with E-state index in [1.807, 2.05) is 12.1 Å². The van der Waals surface area contributed by atoms with Crippen molar-refractivity contribution < 1.29 is 14.2 Å². The number of methoxy groups -OCH3 is 1. The van der Waals surface area contributed by atoms with Crippen LogP contribution in [0, 0.1) is 0 Å². The number of nitrogens with zero attached hydrogens (tertiary/aromatic N) is 1. The lowest BCUT2D eigenvalue weighted by molar-refractivity contribution is 0.0327. The zero-order valence-electron chi connectivity index (χ0n) is 10.9. The summed E-state index contributed by atoms with van der Waals surface area (Å²) < 4.78 is 15.7. The predicted molar refractivity (Wildman–Crippen MR) is 69.1 cm³/mol. The van der Waals surface area contributed by atoms with Gasteiger partial charge in [-0.15, -0.1) is 0 Å². The zero-order valence-corrected chi connectivity index (χ0v) is 10.9. The number of ether oxygens (including phenoxy) is 3.